The molecule has 0 aliphatic heterocycles. The zero-order valence-corrected chi connectivity index (χ0v) is 15.6. The van der Waals surface area contributed by atoms with Crippen LogP contribution in [-0.2, 0) is 16.2 Å². The van der Waals surface area contributed by atoms with Gasteiger partial charge >= 0.3 is 6.18 Å². The highest BCUT2D eigenvalue weighted by Crippen LogP contribution is 2.40. The first-order valence-electron chi connectivity index (χ1n) is 8.43. The lowest BCUT2D eigenvalue weighted by Gasteiger charge is -2.14. The lowest BCUT2D eigenvalue weighted by atomic mass is 9.97. The number of hydrogen-bond acceptors (Lipinski definition) is 4. The summed E-state index contributed by atoms with van der Waals surface area (Å²) < 4.78 is 67.5. The van der Waals surface area contributed by atoms with Gasteiger partial charge in [-0.05, 0) is 47.5 Å². The van der Waals surface area contributed by atoms with Crippen molar-refractivity contribution in [2.24, 2.45) is 0 Å². The zero-order valence-electron chi connectivity index (χ0n) is 14.8. The number of nitrogens with zero attached hydrogens (tertiary/aromatic N) is 2. The Balaban J connectivity index is 1.96. The number of nitrogens with two attached hydrogens (primary N) is 1. The summed E-state index contributed by atoms with van der Waals surface area (Å²) in [5, 5.41) is 0.280. The largest absolute Gasteiger partial charge is 0.417 e. The smallest absolute Gasteiger partial charge is 0.399 e. The molecule has 0 aliphatic carbocycles. The molecular formula is C20H14F3N3O2S. The van der Waals surface area contributed by atoms with E-state index < -0.39 is 21.8 Å². The van der Waals surface area contributed by atoms with Gasteiger partial charge < -0.3 is 5.73 Å². The van der Waals surface area contributed by atoms with E-state index in [1.807, 2.05) is 0 Å². The van der Waals surface area contributed by atoms with Gasteiger partial charge in [-0.15, -0.1) is 0 Å². The van der Waals surface area contributed by atoms with Crippen LogP contribution in [0.3, 0.4) is 0 Å². The van der Waals surface area contributed by atoms with Crippen LogP contribution in [0.1, 0.15) is 5.56 Å². The van der Waals surface area contributed by atoms with Crippen LogP contribution in [0.5, 0.6) is 0 Å². The Morgan fingerprint density at radius 3 is 2.34 bits per heavy atom. The lowest BCUT2D eigenvalue weighted by Crippen LogP contribution is -2.12. The topological polar surface area (TPSA) is 78.0 Å². The molecule has 148 valence electrons. The molecule has 0 unspecified atom stereocenters. The average molecular weight is 417 g/mol. The summed E-state index contributed by atoms with van der Waals surface area (Å²) in [5.74, 6) is 0. The molecule has 9 heteroatoms. The van der Waals surface area contributed by atoms with Crippen molar-refractivity contribution in [3.63, 3.8) is 0 Å². The van der Waals surface area contributed by atoms with Crippen LogP contribution in [0.2, 0.25) is 0 Å². The molecule has 4 aromatic rings. The number of hydrogen-bond donors (Lipinski definition) is 1. The minimum absolute atomic E-state index is 0.0180. The molecule has 4 rings (SSSR count). The van der Waals surface area contributed by atoms with Crippen molar-refractivity contribution in [1.82, 2.24) is 8.96 Å². The molecule has 0 saturated carbocycles. The van der Waals surface area contributed by atoms with Crippen LogP contribution in [0.4, 0.5) is 18.9 Å². The number of pyridine rings is 1. The summed E-state index contributed by atoms with van der Waals surface area (Å²) in [6.07, 6.45) is -2.06. The highest BCUT2D eigenvalue weighted by Gasteiger charge is 2.34. The van der Waals surface area contributed by atoms with Crippen molar-refractivity contribution in [2.45, 2.75) is 11.1 Å². The summed E-state index contributed by atoms with van der Waals surface area (Å²) in [6, 6.07) is 14.1. The van der Waals surface area contributed by atoms with Crippen molar-refractivity contribution >= 4 is 26.7 Å². The number of fused-ring (bicyclic) bond motifs is 1. The standard InChI is InChI=1S/C20H14F3N3O2S/c21-20(22,23)18-12-13(24)6-7-16(18)15-8-10-25-19-17(15)9-11-26(19)29(27,28)14-4-2-1-3-5-14/h1-12H,24H2. The van der Waals surface area contributed by atoms with Gasteiger partial charge in [-0.2, -0.15) is 13.2 Å². The number of alkyl halides is 3. The average Bonchev–Trinajstić information content (AvgIpc) is 3.13. The third-order valence-corrected chi connectivity index (χ3v) is 6.17. The van der Waals surface area contributed by atoms with Crippen LogP contribution in [-0.4, -0.2) is 17.4 Å². The third kappa shape index (κ3) is 3.23. The highest BCUT2D eigenvalue weighted by atomic mass is 32.2. The molecule has 0 saturated heterocycles. The van der Waals surface area contributed by atoms with E-state index in [9.17, 15) is 21.6 Å². The van der Waals surface area contributed by atoms with Crippen LogP contribution in [0.25, 0.3) is 22.2 Å². The number of aromatic nitrogens is 2. The number of benzene rings is 2. The fraction of sp³-hybridized carbons (Fsp3) is 0.0500. The van der Waals surface area contributed by atoms with Gasteiger partial charge in [-0.3, -0.25) is 0 Å². The van der Waals surface area contributed by atoms with Gasteiger partial charge in [0.2, 0.25) is 0 Å². The van der Waals surface area contributed by atoms with E-state index in [1.54, 1.807) is 18.2 Å². The van der Waals surface area contributed by atoms with Gasteiger partial charge in [-0.25, -0.2) is 17.4 Å². The van der Waals surface area contributed by atoms with Crippen molar-refractivity contribution in [3.05, 3.63) is 78.6 Å². The van der Waals surface area contributed by atoms with Crippen LogP contribution in [0.15, 0.2) is 78.0 Å². The Hall–Kier alpha value is -3.33. The Labute approximate surface area is 164 Å². The lowest BCUT2D eigenvalue weighted by molar-refractivity contribution is -0.137. The van der Waals surface area contributed by atoms with Crippen molar-refractivity contribution in [2.75, 3.05) is 5.73 Å². The first-order chi connectivity index (χ1) is 13.7. The zero-order chi connectivity index (χ0) is 20.8. The Morgan fingerprint density at radius 1 is 0.931 bits per heavy atom. The van der Waals surface area contributed by atoms with E-state index >= 15 is 0 Å². The molecule has 5 nitrogen and oxygen atoms in total. The minimum atomic E-state index is -4.63. The Morgan fingerprint density at radius 2 is 1.66 bits per heavy atom. The molecule has 0 amide bonds. The van der Waals surface area contributed by atoms with E-state index in [0.717, 1.165) is 10.0 Å². The number of rotatable bonds is 3. The van der Waals surface area contributed by atoms with E-state index in [4.69, 9.17) is 5.73 Å². The maximum Gasteiger partial charge on any atom is 0.417 e. The highest BCUT2D eigenvalue weighted by molar-refractivity contribution is 7.90. The van der Waals surface area contributed by atoms with Gasteiger partial charge in [0.1, 0.15) is 0 Å². The SMILES string of the molecule is Nc1ccc(-c2ccnc3c2ccn3S(=O)(=O)c2ccccc2)c(C(F)(F)F)c1. The molecule has 2 aromatic carbocycles. The van der Waals surface area contributed by atoms with E-state index in [0.29, 0.717) is 0 Å². The maximum atomic E-state index is 13.6. The number of nitrogen functional groups attached to an aromatic ring is 1. The van der Waals surface area contributed by atoms with Crippen molar-refractivity contribution in [3.8, 4) is 11.1 Å². The first-order valence-corrected chi connectivity index (χ1v) is 9.87. The summed E-state index contributed by atoms with van der Waals surface area (Å²) in [6.45, 7) is 0. The number of halogens is 3. The first kappa shape index (κ1) is 19.0. The van der Waals surface area contributed by atoms with Crippen molar-refractivity contribution in [1.29, 1.82) is 0 Å². The third-order valence-electron chi connectivity index (χ3n) is 4.49. The molecule has 2 heterocycles. The summed E-state index contributed by atoms with van der Waals surface area (Å²) >= 11 is 0. The summed E-state index contributed by atoms with van der Waals surface area (Å²) in [4.78, 5) is 4.16. The second kappa shape index (κ2) is 6.63. The molecule has 0 bridgehead atoms. The quantitative estimate of drug-likeness (QED) is 0.497. The Bertz CT molecular complexity index is 1310. The normalized spacial score (nSPS) is 12.4. The molecule has 0 fully saturated rings. The van der Waals surface area contributed by atoms with Gasteiger partial charge in [0.25, 0.3) is 10.0 Å². The molecule has 2 N–H and O–H groups in total. The van der Waals surface area contributed by atoms with Gasteiger partial charge in [0, 0.05) is 23.5 Å². The van der Waals surface area contributed by atoms with Gasteiger partial charge in [-0.1, -0.05) is 24.3 Å². The predicted octanol–water partition coefficient (Wildman–Crippen LogP) is 4.54. The molecule has 0 atom stereocenters. The number of anilines is 1. The van der Waals surface area contributed by atoms with Crippen LogP contribution >= 0.6 is 0 Å². The van der Waals surface area contributed by atoms with Crippen molar-refractivity contribution < 1.29 is 21.6 Å². The Kier molecular flexibility index (Phi) is 4.34. The summed E-state index contributed by atoms with van der Waals surface area (Å²) in [5.41, 5.74) is 4.78. The van der Waals surface area contributed by atoms with Gasteiger partial charge in [0.05, 0.1) is 10.5 Å². The maximum absolute atomic E-state index is 13.6. The molecular weight excluding hydrogens is 403 g/mol. The molecule has 0 radical (unpaired) electrons. The van der Waals surface area contributed by atoms with Gasteiger partial charge in [0.15, 0.2) is 5.65 Å². The molecule has 0 aliphatic rings. The monoisotopic (exact) mass is 417 g/mol. The fourth-order valence-corrected chi connectivity index (χ4v) is 4.50. The van der Waals surface area contributed by atoms with E-state index in [-0.39, 0.29) is 32.7 Å². The second-order valence-corrected chi connectivity index (χ2v) is 8.14. The molecule has 29 heavy (non-hydrogen) atoms. The van der Waals surface area contributed by atoms with Crippen LogP contribution < -0.4 is 5.73 Å². The summed E-state index contributed by atoms with van der Waals surface area (Å²) in [7, 11) is -3.95. The van der Waals surface area contributed by atoms with Crippen LogP contribution in [0, 0.1) is 0 Å². The molecule has 0 spiro atoms. The van der Waals surface area contributed by atoms with E-state index in [1.165, 1.54) is 48.8 Å². The second-order valence-electron chi connectivity index (χ2n) is 6.33. The molecule has 2 aromatic heterocycles. The predicted molar refractivity (Wildman–Crippen MR) is 104 cm³/mol. The minimum Gasteiger partial charge on any atom is -0.399 e. The fourth-order valence-electron chi connectivity index (χ4n) is 3.18. The van der Waals surface area contributed by atoms with E-state index in [2.05, 4.69) is 4.98 Å².